The van der Waals surface area contributed by atoms with Crippen molar-refractivity contribution in [2.75, 3.05) is 5.32 Å². The van der Waals surface area contributed by atoms with Gasteiger partial charge < -0.3 is 20.3 Å². The third kappa shape index (κ3) is 2.04. The highest BCUT2D eigenvalue weighted by Gasteiger charge is 2.05. The molecule has 1 aromatic carbocycles. The van der Waals surface area contributed by atoms with E-state index in [1.807, 2.05) is 12.1 Å². The zero-order valence-electron chi connectivity index (χ0n) is 9.25. The van der Waals surface area contributed by atoms with E-state index in [0.717, 1.165) is 26.9 Å². The molecular formula is C11H10BrN5O. The topological polar surface area (TPSA) is 89.4 Å². The van der Waals surface area contributed by atoms with Gasteiger partial charge in [-0.1, -0.05) is 0 Å². The van der Waals surface area contributed by atoms with Crippen LogP contribution in [0.25, 0.3) is 11.0 Å². The summed E-state index contributed by atoms with van der Waals surface area (Å²) in [7, 11) is 0. The molecule has 0 unspecified atom stereocenters. The number of nitrogens with one attached hydrogen (secondary N) is 4. The number of hydrogen-bond donors (Lipinski definition) is 4. The number of rotatable bonds is 3. The van der Waals surface area contributed by atoms with E-state index in [0.29, 0.717) is 6.54 Å². The largest absolute Gasteiger partial charge is 0.378 e. The number of imidazole rings is 2. The van der Waals surface area contributed by atoms with Gasteiger partial charge in [0.15, 0.2) is 0 Å². The molecule has 92 valence electrons. The van der Waals surface area contributed by atoms with E-state index in [1.165, 1.54) is 0 Å². The van der Waals surface area contributed by atoms with Gasteiger partial charge in [0.25, 0.3) is 0 Å². The Kier molecular flexibility index (Phi) is 2.67. The molecule has 0 radical (unpaired) electrons. The summed E-state index contributed by atoms with van der Waals surface area (Å²) in [5, 5.41) is 3.26. The Morgan fingerprint density at radius 3 is 2.78 bits per heavy atom. The molecule has 0 bridgehead atoms. The number of H-pyrrole nitrogens is 3. The number of nitrogens with zero attached hydrogens (tertiary/aromatic N) is 1. The van der Waals surface area contributed by atoms with E-state index >= 15 is 0 Å². The van der Waals surface area contributed by atoms with Crippen LogP contribution in [0.1, 0.15) is 5.69 Å². The zero-order valence-corrected chi connectivity index (χ0v) is 10.8. The molecular weight excluding hydrogens is 298 g/mol. The molecule has 3 rings (SSSR count). The molecule has 0 fully saturated rings. The van der Waals surface area contributed by atoms with Crippen molar-refractivity contribution in [3.8, 4) is 0 Å². The molecule has 0 amide bonds. The summed E-state index contributed by atoms with van der Waals surface area (Å²) in [6.45, 7) is 0.638. The van der Waals surface area contributed by atoms with Crippen molar-refractivity contribution in [2.45, 2.75) is 6.54 Å². The van der Waals surface area contributed by atoms with Gasteiger partial charge in [0.05, 0.1) is 35.3 Å². The summed E-state index contributed by atoms with van der Waals surface area (Å²) in [6.07, 6.45) is 3.40. The summed E-state index contributed by atoms with van der Waals surface area (Å²) in [4.78, 5) is 23.6. The summed E-state index contributed by atoms with van der Waals surface area (Å²) in [5.74, 6) is 0. The molecule has 2 heterocycles. The normalized spacial score (nSPS) is 10.9. The highest BCUT2D eigenvalue weighted by molar-refractivity contribution is 9.10. The number of aromatic nitrogens is 4. The van der Waals surface area contributed by atoms with Gasteiger partial charge in [0.1, 0.15) is 0 Å². The fourth-order valence-corrected chi connectivity index (χ4v) is 2.25. The van der Waals surface area contributed by atoms with E-state index in [-0.39, 0.29) is 5.69 Å². The van der Waals surface area contributed by atoms with Crippen molar-refractivity contribution in [2.24, 2.45) is 0 Å². The fraction of sp³-hybridized carbons (Fsp3) is 0.0909. The van der Waals surface area contributed by atoms with Crippen LogP contribution in [0.3, 0.4) is 0 Å². The first-order valence-corrected chi connectivity index (χ1v) is 6.14. The lowest BCUT2D eigenvalue weighted by Gasteiger charge is -2.07. The number of aromatic amines is 3. The average Bonchev–Trinajstić information content (AvgIpc) is 2.94. The van der Waals surface area contributed by atoms with Gasteiger partial charge in [0.2, 0.25) is 0 Å². The number of benzene rings is 1. The second kappa shape index (κ2) is 4.34. The Labute approximate surface area is 110 Å². The van der Waals surface area contributed by atoms with Crippen LogP contribution in [-0.4, -0.2) is 19.9 Å². The lowest BCUT2D eigenvalue weighted by Crippen LogP contribution is -2.00. The second-order valence-electron chi connectivity index (χ2n) is 3.89. The summed E-state index contributed by atoms with van der Waals surface area (Å²) >= 11 is 3.47. The van der Waals surface area contributed by atoms with Gasteiger partial charge in [-0.3, -0.25) is 0 Å². The van der Waals surface area contributed by atoms with Crippen LogP contribution in [0.2, 0.25) is 0 Å². The van der Waals surface area contributed by atoms with E-state index < -0.39 is 0 Å². The van der Waals surface area contributed by atoms with Crippen molar-refractivity contribution in [1.82, 2.24) is 19.9 Å². The lowest BCUT2D eigenvalue weighted by atomic mass is 10.2. The minimum atomic E-state index is -0.206. The molecule has 2 aromatic heterocycles. The molecule has 0 spiro atoms. The minimum Gasteiger partial charge on any atom is -0.378 e. The van der Waals surface area contributed by atoms with E-state index in [9.17, 15) is 4.79 Å². The Morgan fingerprint density at radius 1 is 1.28 bits per heavy atom. The third-order valence-corrected chi connectivity index (χ3v) is 3.28. The van der Waals surface area contributed by atoms with E-state index in [2.05, 4.69) is 41.2 Å². The maximum atomic E-state index is 11.2. The highest BCUT2D eigenvalue weighted by Crippen LogP contribution is 2.26. The average molecular weight is 308 g/mol. The van der Waals surface area contributed by atoms with Crippen LogP contribution < -0.4 is 11.0 Å². The van der Waals surface area contributed by atoms with Crippen molar-refractivity contribution in [1.29, 1.82) is 0 Å². The molecule has 18 heavy (non-hydrogen) atoms. The fourth-order valence-electron chi connectivity index (χ4n) is 1.76. The Bertz CT molecular complexity index is 728. The third-order valence-electron chi connectivity index (χ3n) is 2.63. The molecule has 0 atom stereocenters. The maximum absolute atomic E-state index is 11.2. The molecule has 0 aliphatic rings. The van der Waals surface area contributed by atoms with Gasteiger partial charge in [-0.05, 0) is 28.1 Å². The maximum Gasteiger partial charge on any atom is 0.323 e. The Morgan fingerprint density at radius 2 is 2.06 bits per heavy atom. The van der Waals surface area contributed by atoms with Crippen molar-refractivity contribution >= 4 is 32.7 Å². The summed E-state index contributed by atoms with van der Waals surface area (Å²) < 4.78 is 0.893. The van der Waals surface area contributed by atoms with Gasteiger partial charge in [-0.15, -0.1) is 0 Å². The number of fused-ring (bicyclic) bond motifs is 1. The van der Waals surface area contributed by atoms with Crippen molar-refractivity contribution < 1.29 is 0 Å². The Hall–Kier alpha value is -2.02. The first-order valence-electron chi connectivity index (χ1n) is 5.35. The van der Waals surface area contributed by atoms with Crippen molar-refractivity contribution in [3.05, 3.63) is 45.3 Å². The standard InChI is InChI=1S/C11H10BrN5O/c12-7-1-9-10(17-11(18)16-9)2-8(7)14-4-6-3-13-5-15-6/h1-3,5,14H,4H2,(H,13,15)(H2,16,17,18). The van der Waals surface area contributed by atoms with Crippen LogP contribution in [0.4, 0.5) is 5.69 Å². The van der Waals surface area contributed by atoms with Gasteiger partial charge in [-0.2, -0.15) is 0 Å². The van der Waals surface area contributed by atoms with E-state index in [1.54, 1.807) is 12.5 Å². The van der Waals surface area contributed by atoms with Crippen LogP contribution >= 0.6 is 15.9 Å². The number of anilines is 1. The van der Waals surface area contributed by atoms with E-state index in [4.69, 9.17) is 0 Å². The monoisotopic (exact) mass is 307 g/mol. The molecule has 0 aliphatic carbocycles. The summed E-state index contributed by atoms with van der Waals surface area (Å²) in [6, 6.07) is 3.75. The minimum absolute atomic E-state index is 0.206. The first-order chi connectivity index (χ1) is 8.72. The number of halogens is 1. The van der Waals surface area contributed by atoms with Crippen LogP contribution in [0, 0.1) is 0 Å². The molecule has 6 nitrogen and oxygen atoms in total. The molecule has 0 saturated heterocycles. The van der Waals surface area contributed by atoms with Gasteiger partial charge in [0, 0.05) is 10.7 Å². The summed E-state index contributed by atoms with van der Waals surface area (Å²) in [5.41, 5.74) is 3.24. The van der Waals surface area contributed by atoms with Crippen LogP contribution in [0.15, 0.2) is 33.9 Å². The predicted octanol–water partition coefficient (Wildman–Crippen LogP) is 1.95. The zero-order chi connectivity index (χ0) is 12.5. The second-order valence-corrected chi connectivity index (χ2v) is 4.74. The molecule has 7 heteroatoms. The molecule has 3 aromatic rings. The predicted molar refractivity (Wildman–Crippen MR) is 72.5 cm³/mol. The van der Waals surface area contributed by atoms with Gasteiger partial charge >= 0.3 is 5.69 Å². The first kappa shape index (κ1) is 11.1. The van der Waals surface area contributed by atoms with Crippen molar-refractivity contribution in [3.63, 3.8) is 0 Å². The number of hydrogen-bond acceptors (Lipinski definition) is 3. The molecule has 0 saturated carbocycles. The lowest BCUT2D eigenvalue weighted by molar-refractivity contribution is 1.07. The van der Waals surface area contributed by atoms with Crippen LogP contribution in [-0.2, 0) is 6.54 Å². The SMILES string of the molecule is O=c1[nH]c2cc(Br)c(NCc3cnc[nH]3)cc2[nH]1. The van der Waals surface area contributed by atoms with Gasteiger partial charge in [-0.25, -0.2) is 9.78 Å². The highest BCUT2D eigenvalue weighted by atomic mass is 79.9. The molecule has 4 N–H and O–H groups in total. The Balaban J connectivity index is 1.91. The molecule has 0 aliphatic heterocycles. The van der Waals surface area contributed by atoms with Crippen LogP contribution in [0.5, 0.6) is 0 Å². The smallest absolute Gasteiger partial charge is 0.323 e. The quantitative estimate of drug-likeness (QED) is 0.596.